The van der Waals surface area contributed by atoms with Crippen LogP contribution >= 0.6 is 0 Å². The lowest BCUT2D eigenvalue weighted by atomic mass is 10.2. The van der Waals surface area contributed by atoms with Gasteiger partial charge in [-0.25, -0.2) is 0 Å². The van der Waals surface area contributed by atoms with Gasteiger partial charge >= 0.3 is 0 Å². The highest BCUT2D eigenvalue weighted by Gasteiger charge is 2.09. The van der Waals surface area contributed by atoms with Crippen molar-refractivity contribution in [1.29, 1.82) is 0 Å². The molecule has 0 aliphatic heterocycles. The molecule has 0 atom stereocenters. The van der Waals surface area contributed by atoms with E-state index in [4.69, 9.17) is 0 Å². The Kier molecular flexibility index (Phi) is 2.62. The molecule has 98 valence electrons. The second kappa shape index (κ2) is 4.30. The summed E-state index contributed by atoms with van der Waals surface area (Å²) in [7, 11) is 1.94. The highest BCUT2D eigenvalue weighted by Crippen LogP contribution is 2.13. The van der Waals surface area contributed by atoms with Crippen LogP contribution in [0.25, 0.3) is 5.65 Å². The Morgan fingerprint density at radius 1 is 1.21 bits per heavy atom. The number of hydrogen-bond acceptors (Lipinski definition) is 6. The van der Waals surface area contributed by atoms with Crippen molar-refractivity contribution in [3.05, 3.63) is 29.1 Å². The molecule has 0 radical (unpaired) electrons. The Bertz CT molecular complexity index is 725. The maximum atomic E-state index is 4.38. The first kappa shape index (κ1) is 11.6. The normalized spacial score (nSPS) is 11.1. The van der Waals surface area contributed by atoms with E-state index in [1.54, 1.807) is 0 Å². The molecule has 0 saturated carbocycles. The minimum Gasteiger partial charge on any atom is -0.364 e. The van der Waals surface area contributed by atoms with Crippen molar-refractivity contribution < 1.29 is 0 Å². The van der Waals surface area contributed by atoms with Gasteiger partial charge in [-0.05, 0) is 36.4 Å². The first-order chi connectivity index (χ1) is 9.15. The van der Waals surface area contributed by atoms with Crippen molar-refractivity contribution in [2.75, 3.05) is 5.32 Å². The van der Waals surface area contributed by atoms with Crippen LogP contribution in [-0.4, -0.2) is 35.0 Å². The van der Waals surface area contributed by atoms with Gasteiger partial charge in [0.1, 0.15) is 5.82 Å². The van der Waals surface area contributed by atoms with Crippen molar-refractivity contribution in [2.45, 2.75) is 20.4 Å². The summed E-state index contributed by atoms with van der Waals surface area (Å²) in [5.74, 6) is 0.724. The average molecular weight is 258 g/mol. The quantitative estimate of drug-likeness (QED) is 0.735. The number of nitrogens with zero attached hydrogens (tertiary/aromatic N) is 7. The zero-order valence-electron chi connectivity index (χ0n) is 11.0. The third-order valence-corrected chi connectivity index (χ3v) is 3.17. The second-order valence-electron chi connectivity index (χ2n) is 4.37. The van der Waals surface area contributed by atoms with Gasteiger partial charge in [0.15, 0.2) is 5.65 Å². The number of hydrogen-bond donors (Lipinski definition) is 1. The van der Waals surface area contributed by atoms with Crippen LogP contribution in [0.3, 0.4) is 0 Å². The number of nitrogens with one attached hydrogen (secondary N) is 1. The minimum absolute atomic E-state index is 0.624. The number of anilines is 1. The predicted octanol–water partition coefficient (Wildman–Crippen LogP) is 0.482. The molecule has 0 unspecified atom stereocenters. The lowest BCUT2D eigenvalue weighted by molar-refractivity contribution is 0.729. The van der Waals surface area contributed by atoms with Crippen LogP contribution in [0, 0.1) is 13.8 Å². The third-order valence-electron chi connectivity index (χ3n) is 3.17. The Morgan fingerprint density at radius 3 is 2.79 bits per heavy atom. The van der Waals surface area contributed by atoms with E-state index in [0.29, 0.717) is 12.2 Å². The van der Waals surface area contributed by atoms with Crippen LogP contribution in [0.5, 0.6) is 0 Å². The van der Waals surface area contributed by atoms with E-state index in [1.807, 2.05) is 30.8 Å². The van der Waals surface area contributed by atoms with Crippen LogP contribution in [0.2, 0.25) is 0 Å². The van der Waals surface area contributed by atoms with E-state index < -0.39 is 0 Å². The van der Waals surface area contributed by atoms with Crippen LogP contribution in [0.1, 0.15) is 17.0 Å². The fourth-order valence-electron chi connectivity index (χ4n) is 2.00. The zero-order valence-corrected chi connectivity index (χ0v) is 11.0. The Hall–Kier alpha value is -2.51. The molecule has 3 aromatic heterocycles. The maximum absolute atomic E-state index is 4.38. The van der Waals surface area contributed by atoms with Crippen LogP contribution in [-0.2, 0) is 13.6 Å². The molecule has 0 saturated heterocycles. The standard InChI is InChI=1S/C11H14N8/c1-7-9(8(2)18(3)14-7)6-12-10-4-5-11-13-16-17-19(11)15-10/h4-5H,6H2,1-3H3,(H,12,15). The topological polar surface area (TPSA) is 85.8 Å². The van der Waals surface area contributed by atoms with Gasteiger partial charge < -0.3 is 5.32 Å². The summed E-state index contributed by atoms with van der Waals surface area (Å²) >= 11 is 0. The smallest absolute Gasteiger partial charge is 0.200 e. The van der Waals surface area contributed by atoms with Gasteiger partial charge in [-0.15, -0.1) is 14.8 Å². The van der Waals surface area contributed by atoms with E-state index in [-0.39, 0.29) is 0 Å². The first-order valence-corrected chi connectivity index (χ1v) is 5.93. The zero-order chi connectivity index (χ0) is 13.4. The van der Waals surface area contributed by atoms with Gasteiger partial charge in [0, 0.05) is 24.8 Å². The van der Waals surface area contributed by atoms with Gasteiger partial charge in [-0.3, -0.25) is 4.68 Å². The van der Waals surface area contributed by atoms with Crippen LogP contribution < -0.4 is 5.32 Å². The minimum atomic E-state index is 0.624. The highest BCUT2D eigenvalue weighted by molar-refractivity contribution is 5.43. The molecule has 3 rings (SSSR count). The molecule has 0 amide bonds. The Balaban J connectivity index is 1.81. The Labute approximate surface area is 109 Å². The van der Waals surface area contributed by atoms with Gasteiger partial charge in [-0.2, -0.15) is 5.10 Å². The molecule has 3 aromatic rings. The van der Waals surface area contributed by atoms with E-state index >= 15 is 0 Å². The molecule has 1 N–H and O–H groups in total. The number of aromatic nitrogens is 7. The third kappa shape index (κ3) is 2.01. The maximum Gasteiger partial charge on any atom is 0.200 e. The fourth-order valence-corrected chi connectivity index (χ4v) is 2.00. The van der Waals surface area contributed by atoms with Gasteiger partial charge in [-0.1, -0.05) is 0 Å². The summed E-state index contributed by atoms with van der Waals surface area (Å²) in [6.07, 6.45) is 0. The summed E-state index contributed by atoms with van der Waals surface area (Å²) in [5, 5.41) is 23.0. The van der Waals surface area contributed by atoms with Gasteiger partial charge in [0.25, 0.3) is 0 Å². The molecular formula is C11H14N8. The number of fused-ring (bicyclic) bond motifs is 1. The molecule has 0 bridgehead atoms. The molecule has 0 aliphatic rings. The highest BCUT2D eigenvalue weighted by atomic mass is 15.6. The summed E-state index contributed by atoms with van der Waals surface area (Å²) in [6.45, 7) is 4.73. The summed E-state index contributed by atoms with van der Waals surface area (Å²) in [6, 6.07) is 3.67. The lowest BCUT2D eigenvalue weighted by Gasteiger charge is -2.05. The molecule has 8 nitrogen and oxygen atoms in total. The fraction of sp³-hybridized carbons (Fsp3) is 0.364. The van der Waals surface area contributed by atoms with Crippen molar-refractivity contribution >= 4 is 11.5 Å². The summed E-state index contributed by atoms with van der Waals surface area (Å²) in [5.41, 5.74) is 3.98. The number of aryl methyl sites for hydroxylation is 2. The monoisotopic (exact) mass is 258 g/mol. The first-order valence-electron chi connectivity index (χ1n) is 5.93. The van der Waals surface area contributed by atoms with Crippen molar-refractivity contribution in [3.8, 4) is 0 Å². The molecule has 0 aliphatic carbocycles. The molecule has 19 heavy (non-hydrogen) atoms. The molecule has 0 aromatic carbocycles. The predicted molar refractivity (Wildman–Crippen MR) is 68.6 cm³/mol. The number of rotatable bonds is 3. The molecular weight excluding hydrogens is 244 g/mol. The second-order valence-corrected chi connectivity index (χ2v) is 4.37. The van der Waals surface area contributed by atoms with Crippen LogP contribution in [0.4, 0.5) is 5.82 Å². The van der Waals surface area contributed by atoms with E-state index in [9.17, 15) is 0 Å². The molecule has 8 heteroatoms. The van der Waals surface area contributed by atoms with Gasteiger partial charge in [0.05, 0.1) is 5.69 Å². The van der Waals surface area contributed by atoms with Crippen molar-refractivity contribution in [1.82, 2.24) is 35.0 Å². The van der Waals surface area contributed by atoms with Crippen molar-refractivity contribution in [2.24, 2.45) is 7.05 Å². The van der Waals surface area contributed by atoms with Gasteiger partial charge in [0.2, 0.25) is 0 Å². The summed E-state index contributed by atoms with van der Waals surface area (Å²) < 4.78 is 3.27. The number of tetrazole rings is 1. The van der Waals surface area contributed by atoms with E-state index in [0.717, 1.165) is 17.2 Å². The largest absolute Gasteiger partial charge is 0.364 e. The molecule has 0 spiro atoms. The Morgan fingerprint density at radius 2 is 2.05 bits per heavy atom. The SMILES string of the molecule is Cc1nn(C)c(C)c1CNc1ccc2nnnn2n1. The average Bonchev–Trinajstić information content (AvgIpc) is 2.94. The molecule has 3 heterocycles. The molecule has 0 fully saturated rings. The van der Waals surface area contributed by atoms with Crippen LogP contribution in [0.15, 0.2) is 12.1 Å². The van der Waals surface area contributed by atoms with E-state index in [2.05, 4.69) is 38.0 Å². The van der Waals surface area contributed by atoms with E-state index in [1.165, 1.54) is 10.2 Å². The van der Waals surface area contributed by atoms with Crippen molar-refractivity contribution in [3.63, 3.8) is 0 Å². The lowest BCUT2D eigenvalue weighted by Crippen LogP contribution is -2.06. The summed E-state index contributed by atoms with van der Waals surface area (Å²) in [4.78, 5) is 0.